The van der Waals surface area contributed by atoms with E-state index in [0.29, 0.717) is 19.6 Å². The Morgan fingerprint density at radius 1 is 1.28 bits per heavy atom. The summed E-state index contributed by atoms with van der Waals surface area (Å²) in [5.74, 6) is 0. The molecule has 0 aliphatic carbocycles. The number of nitrogens with zero attached hydrogens (tertiary/aromatic N) is 3. The van der Waals surface area contributed by atoms with Crippen LogP contribution in [0.1, 0.15) is 22.9 Å². The van der Waals surface area contributed by atoms with E-state index in [9.17, 15) is 4.79 Å². The van der Waals surface area contributed by atoms with Crippen molar-refractivity contribution in [3.63, 3.8) is 0 Å². The van der Waals surface area contributed by atoms with E-state index in [0.717, 1.165) is 12.1 Å². The van der Waals surface area contributed by atoms with Crippen molar-refractivity contribution < 1.29 is 4.79 Å². The van der Waals surface area contributed by atoms with Crippen LogP contribution in [-0.2, 0) is 19.6 Å². The largest absolute Gasteiger partial charge is 0.334 e. The molecular formula is C19H22N4OS. The van der Waals surface area contributed by atoms with Crippen molar-refractivity contribution in [1.82, 2.24) is 19.8 Å². The summed E-state index contributed by atoms with van der Waals surface area (Å²) in [4.78, 5) is 19.5. The van der Waals surface area contributed by atoms with E-state index in [1.165, 1.54) is 10.4 Å². The van der Waals surface area contributed by atoms with Crippen molar-refractivity contribution in [2.24, 2.45) is 0 Å². The summed E-state index contributed by atoms with van der Waals surface area (Å²) < 4.78 is 2.03. The Bertz CT molecular complexity index is 784. The van der Waals surface area contributed by atoms with Gasteiger partial charge in [-0.1, -0.05) is 30.3 Å². The van der Waals surface area contributed by atoms with E-state index in [1.54, 1.807) is 23.9 Å². The second-order valence-electron chi connectivity index (χ2n) is 5.81. The summed E-state index contributed by atoms with van der Waals surface area (Å²) in [5.41, 5.74) is 2.29. The molecule has 2 aromatic heterocycles. The standard InChI is InChI=1S/C19H22N4OS/c1-2-23(14-18-7-4-10-25-18)19(24)21-12-16-5-3-6-17(11-16)13-22-9-8-20-15-22/h3-11,15H,2,12-14H2,1H3,(H,21,24). The Morgan fingerprint density at radius 2 is 2.16 bits per heavy atom. The Labute approximate surface area is 151 Å². The molecule has 0 saturated carbocycles. The van der Waals surface area contributed by atoms with Crippen LogP contribution in [0.2, 0.25) is 0 Å². The summed E-state index contributed by atoms with van der Waals surface area (Å²) in [5, 5.41) is 5.06. The minimum atomic E-state index is -0.0316. The highest BCUT2D eigenvalue weighted by Crippen LogP contribution is 2.12. The lowest BCUT2D eigenvalue weighted by atomic mass is 10.1. The van der Waals surface area contributed by atoms with E-state index >= 15 is 0 Å². The SMILES string of the molecule is CCN(Cc1cccs1)C(=O)NCc1cccc(Cn2ccnc2)c1. The molecular weight excluding hydrogens is 332 g/mol. The van der Waals surface area contributed by atoms with E-state index < -0.39 is 0 Å². The van der Waals surface area contributed by atoms with Gasteiger partial charge in [0.15, 0.2) is 0 Å². The molecule has 0 saturated heterocycles. The van der Waals surface area contributed by atoms with Crippen molar-refractivity contribution in [3.05, 3.63) is 76.5 Å². The summed E-state index contributed by atoms with van der Waals surface area (Å²) in [6.07, 6.45) is 5.52. The monoisotopic (exact) mass is 354 g/mol. The first-order chi connectivity index (χ1) is 12.2. The fourth-order valence-corrected chi connectivity index (χ4v) is 3.36. The first-order valence-corrected chi connectivity index (χ1v) is 9.21. The van der Waals surface area contributed by atoms with Gasteiger partial charge in [0.25, 0.3) is 0 Å². The molecule has 2 heterocycles. The second-order valence-corrected chi connectivity index (χ2v) is 6.84. The molecule has 3 rings (SSSR count). The molecule has 5 nitrogen and oxygen atoms in total. The van der Waals surface area contributed by atoms with E-state index in [2.05, 4.69) is 28.5 Å². The average molecular weight is 354 g/mol. The highest BCUT2D eigenvalue weighted by molar-refractivity contribution is 7.09. The quantitative estimate of drug-likeness (QED) is 0.703. The van der Waals surface area contributed by atoms with Gasteiger partial charge in [-0.25, -0.2) is 9.78 Å². The van der Waals surface area contributed by atoms with Gasteiger partial charge in [-0.15, -0.1) is 11.3 Å². The van der Waals surface area contributed by atoms with Crippen LogP contribution in [0.3, 0.4) is 0 Å². The third-order valence-electron chi connectivity index (χ3n) is 3.96. The molecule has 3 aromatic rings. The number of hydrogen-bond donors (Lipinski definition) is 1. The first-order valence-electron chi connectivity index (χ1n) is 8.33. The predicted molar refractivity (Wildman–Crippen MR) is 100 cm³/mol. The van der Waals surface area contributed by atoms with E-state index in [-0.39, 0.29) is 6.03 Å². The normalized spacial score (nSPS) is 10.6. The van der Waals surface area contributed by atoms with Crippen molar-refractivity contribution in [3.8, 4) is 0 Å². The smallest absolute Gasteiger partial charge is 0.317 e. The molecule has 0 unspecified atom stereocenters. The number of nitrogens with one attached hydrogen (secondary N) is 1. The van der Waals surface area contributed by atoms with Gasteiger partial charge in [0.1, 0.15) is 0 Å². The van der Waals surface area contributed by atoms with Crippen LogP contribution in [0.5, 0.6) is 0 Å². The fraction of sp³-hybridized carbons (Fsp3) is 0.263. The summed E-state index contributed by atoms with van der Waals surface area (Å²) in [7, 11) is 0. The predicted octanol–water partition coefficient (Wildman–Crippen LogP) is 3.72. The molecule has 0 bridgehead atoms. The number of imidazole rings is 1. The van der Waals surface area contributed by atoms with Crippen LogP contribution in [0.25, 0.3) is 0 Å². The summed E-state index contributed by atoms with van der Waals surface area (Å²) in [6.45, 7) is 4.64. The topological polar surface area (TPSA) is 50.2 Å². The number of carbonyl (C=O) groups is 1. The number of rotatable bonds is 7. The Balaban J connectivity index is 1.56. The van der Waals surface area contributed by atoms with Crippen molar-refractivity contribution >= 4 is 17.4 Å². The molecule has 0 atom stereocenters. The second kappa shape index (κ2) is 8.48. The number of carbonyl (C=O) groups excluding carboxylic acids is 1. The molecule has 1 N–H and O–H groups in total. The molecule has 0 fully saturated rings. The van der Waals surface area contributed by atoms with Crippen molar-refractivity contribution in [1.29, 1.82) is 0 Å². The van der Waals surface area contributed by atoms with Crippen LogP contribution < -0.4 is 5.32 Å². The fourth-order valence-electron chi connectivity index (χ4n) is 2.64. The Kier molecular flexibility index (Phi) is 5.85. The van der Waals surface area contributed by atoms with Gasteiger partial charge in [-0.05, 0) is 29.5 Å². The minimum Gasteiger partial charge on any atom is -0.334 e. The number of urea groups is 1. The van der Waals surface area contributed by atoms with Crippen LogP contribution in [0.15, 0.2) is 60.5 Å². The van der Waals surface area contributed by atoms with Gasteiger partial charge in [0.05, 0.1) is 12.9 Å². The molecule has 1 aromatic carbocycles. The van der Waals surface area contributed by atoms with Gasteiger partial charge in [0.2, 0.25) is 0 Å². The zero-order chi connectivity index (χ0) is 17.5. The molecule has 130 valence electrons. The van der Waals surface area contributed by atoms with Gasteiger partial charge < -0.3 is 14.8 Å². The molecule has 0 aliphatic heterocycles. The number of thiophene rings is 1. The number of benzene rings is 1. The van der Waals surface area contributed by atoms with E-state index in [1.807, 2.05) is 46.2 Å². The Hall–Kier alpha value is -2.60. The van der Waals surface area contributed by atoms with Crippen molar-refractivity contribution in [2.75, 3.05) is 6.54 Å². The lowest BCUT2D eigenvalue weighted by molar-refractivity contribution is 0.198. The van der Waals surface area contributed by atoms with Gasteiger partial charge in [0, 0.05) is 36.9 Å². The molecule has 2 amide bonds. The maximum Gasteiger partial charge on any atom is 0.317 e. The highest BCUT2D eigenvalue weighted by Gasteiger charge is 2.12. The summed E-state index contributed by atoms with van der Waals surface area (Å²) in [6, 6.07) is 12.3. The minimum absolute atomic E-state index is 0.0316. The Morgan fingerprint density at radius 3 is 2.88 bits per heavy atom. The molecule has 0 radical (unpaired) electrons. The highest BCUT2D eigenvalue weighted by atomic mass is 32.1. The molecule has 25 heavy (non-hydrogen) atoms. The van der Waals surface area contributed by atoms with Crippen LogP contribution >= 0.6 is 11.3 Å². The molecule has 6 heteroatoms. The number of hydrogen-bond acceptors (Lipinski definition) is 3. The summed E-state index contributed by atoms with van der Waals surface area (Å²) >= 11 is 1.67. The average Bonchev–Trinajstić information content (AvgIpc) is 3.32. The first kappa shape index (κ1) is 17.2. The lowest BCUT2D eigenvalue weighted by Crippen LogP contribution is -2.38. The van der Waals surface area contributed by atoms with Gasteiger partial charge in [-0.2, -0.15) is 0 Å². The van der Waals surface area contributed by atoms with Crippen LogP contribution in [0, 0.1) is 0 Å². The number of amides is 2. The molecule has 0 aliphatic rings. The van der Waals surface area contributed by atoms with Gasteiger partial charge >= 0.3 is 6.03 Å². The van der Waals surface area contributed by atoms with Crippen molar-refractivity contribution in [2.45, 2.75) is 26.6 Å². The maximum atomic E-state index is 12.4. The third-order valence-corrected chi connectivity index (χ3v) is 4.82. The van der Waals surface area contributed by atoms with E-state index in [4.69, 9.17) is 0 Å². The van der Waals surface area contributed by atoms with Crippen LogP contribution in [0.4, 0.5) is 4.79 Å². The molecule has 0 spiro atoms. The maximum absolute atomic E-state index is 12.4. The van der Waals surface area contributed by atoms with Crippen LogP contribution in [-0.4, -0.2) is 27.0 Å². The number of aromatic nitrogens is 2. The third kappa shape index (κ3) is 4.93. The zero-order valence-electron chi connectivity index (χ0n) is 14.3. The van der Waals surface area contributed by atoms with Gasteiger partial charge in [-0.3, -0.25) is 0 Å². The zero-order valence-corrected chi connectivity index (χ0v) is 15.1. The lowest BCUT2D eigenvalue weighted by Gasteiger charge is -2.20.